The van der Waals surface area contributed by atoms with Crippen LogP contribution in [0.2, 0.25) is 0 Å². The van der Waals surface area contributed by atoms with E-state index in [0.29, 0.717) is 17.5 Å². The van der Waals surface area contributed by atoms with Crippen LogP contribution in [-0.4, -0.2) is 32.4 Å². The summed E-state index contributed by atoms with van der Waals surface area (Å²) in [5.41, 5.74) is 6.50. The number of nitrogen functional groups attached to an aromatic ring is 1. The lowest BCUT2D eigenvalue weighted by molar-refractivity contribution is 0.102. The minimum Gasteiger partial charge on any atom is -0.394 e. The Morgan fingerprint density at radius 2 is 2.44 bits per heavy atom. The van der Waals surface area contributed by atoms with Crippen molar-refractivity contribution in [2.75, 3.05) is 17.7 Å². The Balaban J connectivity index is 2.16. The van der Waals surface area contributed by atoms with E-state index in [2.05, 4.69) is 15.4 Å². The molecule has 7 nitrogen and oxygen atoms in total. The van der Waals surface area contributed by atoms with Gasteiger partial charge in [0.1, 0.15) is 11.5 Å². The second-order valence-corrected chi connectivity index (χ2v) is 4.53. The third-order valence-electron chi connectivity index (χ3n) is 2.21. The number of hydrogen-bond acceptors (Lipinski definition) is 6. The van der Waals surface area contributed by atoms with Crippen LogP contribution in [0.3, 0.4) is 0 Å². The number of anilines is 2. The number of hydrogen-bond donors (Lipinski definition) is 3. The van der Waals surface area contributed by atoms with Gasteiger partial charge in [0, 0.05) is 11.4 Å². The lowest BCUT2D eigenvalue weighted by Gasteiger charge is -2.05. The van der Waals surface area contributed by atoms with Crippen LogP contribution in [0.15, 0.2) is 11.4 Å². The van der Waals surface area contributed by atoms with E-state index in [1.54, 1.807) is 11.4 Å². The Bertz CT molecular complexity index is 562. The number of nitrogens with one attached hydrogen (secondary N) is 1. The van der Waals surface area contributed by atoms with Crippen molar-refractivity contribution in [1.29, 1.82) is 0 Å². The van der Waals surface area contributed by atoms with E-state index in [-0.39, 0.29) is 18.2 Å². The van der Waals surface area contributed by atoms with E-state index in [1.807, 2.05) is 6.92 Å². The number of thiazole rings is 1. The summed E-state index contributed by atoms with van der Waals surface area (Å²) in [6.45, 7) is 2.08. The van der Waals surface area contributed by atoms with Crippen LogP contribution in [0.25, 0.3) is 0 Å². The van der Waals surface area contributed by atoms with Gasteiger partial charge in [0.15, 0.2) is 5.13 Å². The number of aromatic nitrogens is 3. The van der Waals surface area contributed by atoms with Crippen molar-refractivity contribution in [1.82, 2.24) is 14.8 Å². The summed E-state index contributed by atoms with van der Waals surface area (Å²) in [5.74, 6) is 0.181. The summed E-state index contributed by atoms with van der Waals surface area (Å²) in [7, 11) is 0. The van der Waals surface area contributed by atoms with Crippen molar-refractivity contribution < 1.29 is 9.90 Å². The third-order valence-corrected chi connectivity index (χ3v) is 2.88. The summed E-state index contributed by atoms with van der Waals surface area (Å²) in [5, 5.41) is 17.7. The molecule has 0 aliphatic carbocycles. The van der Waals surface area contributed by atoms with Gasteiger partial charge >= 0.3 is 0 Å². The second-order valence-electron chi connectivity index (χ2n) is 3.64. The molecule has 1 amide bonds. The number of aliphatic hydroxyl groups excluding tert-OH is 1. The molecule has 0 spiro atoms. The zero-order chi connectivity index (χ0) is 13.1. The molecule has 2 aromatic heterocycles. The van der Waals surface area contributed by atoms with Crippen LogP contribution >= 0.6 is 11.3 Å². The quantitative estimate of drug-likeness (QED) is 0.747. The van der Waals surface area contributed by atoms with E-state index >= 15 is 0 Å². The summed E-state index contributed by atoms with van der Waals surface area (Å²) in [4.78, 5) is 15.8. The molecule has 0 bridgehead atoms. The van der Waals surface area contributed by atoms with Crippen LogP contribution in [0.1, 0.15) is 16.2 Å². The molecule has 0 aliphatic rings. The van der Waals surface area contributed by atoms with Gasteiger partial charge in [-0.05, 0) is 6.92 Å². The Hall–Kier alpha value is -1.93. The normalized spacial score (nSPS) is 10.6. The van der Waals surface area contributed by atoms with E-state index in [1.165, 1.54) is 16.0 Å². The first-order chi connectivity index (χ1) is 8.60. The number of nitrogens with two attached hydrogens (primary N) is 1. The van der Waals surface area contributed by atoms with Crippen molar-refractivity contribution in [3.8, 4) is 0 Å². The van der Waals surface area contributed by atoms with Crippen LogP contribution in [0, 0.1) is 6.92 Å². The third kappa shape index (κ3) is 2.66. The van der Waals surface area contributed by atoms with Crippen LogP contribution in [0.5, 0.6) is 0 Å². The Kier molecular flexibility index (Phi) is 3.58. The minimum absolute atomic E-state index is 0.0480. The average molecular weight is 267 g/mol. The molecular weight excluding hydrogens is 254 g/mol. The first-order valence-corrected chi connectivity index (χ1v) is 6.16. The maximum absolute atomic E-state index is 11.9. The van der Waals surface area contributed by atoms with Gasteiger partial charge in [0.05, 0.1) is 18.8 Å². The first-order valence-electron chi connectivity index (χ1n) is 5.28. The Morgan fingerprint density at radius 1 is 1.67 bits per heavy atom. The first kappa shape index (κ1) is 12.5. The molecule has 0 fully saturated rings. The fraction of sp³-hybridized carbons (Fsp3) is 0.300. The molecule has 0 unspecified atom stereocenters. The van der Waals surface area contributed by atoms with Crippen molar-refractivity contribution in [2.24, 2.45) is 0 Å². The van der Waals surface area contributed by atoms with Crippen molar-refractivity contribution in [3.63, 3.8) is 0 Å². The molecule has 18 heavy (non-hydrogen) atoms. The number of carbonyl (C=O) groups excluding carboxylic acids is 1. The molecular formula is C10H13N5O2S. The highest BCUT2D eigenvalue weighted by atomic mass is 32.1. The van der Waals surface area contributed by atoms with Crippen LogP contribution in [0.4, 0.5) is 10.9 Å². The second kappa shape index (κ2) is 5.15. The van der Waals surface area contributed by atoms with E-state index in [4.69, 9.17) is 10.8 Å². The molecule has 2 heterocycles. The predicted octanol–water partition coefficient (Wildman–Crippen LogP) is 0.475. The maximum Gasteiger partial charge on any atom is 0.276 e. The number of rotatable bonds is 4. The molecule has 0 aromatic carbocycles. The van der Waals surface area contributed by atoms with E-state index in [9.17, 15) is 4.79 Å². The van der Waals surface area contributed by atoms with Gasteiger partial charge in [-0.25, -0.2) is 9.67 Å². The van der Waals surface area contributed by atoms with Gasteiger partial charge in [-0.3, -0.25) is 4.79 Å². The smallest absolute Gasteiger partial charge is 0.276 e. The minimum atomic E-state index is -0.345. The summed E-state index contributed by atoms with van der Waals surface area (Å²) in [6, 6.07) is 1.73. The fourth-order valence-corrected chi connectivity index (χ4v) is 2.03. The van der Waals surface area contributed by atoms with Gasteiger partial charge < -0.3 is 16.2 Å². The molecule has 0 radical (unpaired) electrons. The molecule has 8 heteroatoms. The maximum atomic E-state index is 11.9. The lowest BCUT2D eigenvalue weighted by Crippen LogP contribution is -2.17. The molecule has 0 saturated heterocycles. The van der Waals surface area contributed by atoms with Gasteiger partial charge in [0.25, 0.3) is 5.91 Å². The molecule has 2 rings (SSSR count). The number of carbonyl (C=O) groups is 1. The predicted molar refractivity (Wildman–Crippen MR) is 68.5 cm³/mol. The lowest BCUT2D eigenvalue weighted by atomic mass is 10.4. The molecule has 4 N–H and O–H groups in total. The van der Waals surface area contributed by atoms with Crippen molar-refractivity contribution >= 4 is 28.2 Å². The molecule has 0 aliphatic heterocycles. The summed E-state index contributed by atoms with van der Waals surface area (Å²) < 4.78 is 1.53. The van der Waals surface area contributed by atoms with Gasteiger partial charge in [-0.2, -0.15) is 5.10 Å². The van der Waals surface area contributed by atoms with Gasteiger partial charge in [0.2, 0.25) is 0 Å². The molecule has 96 valence electrons. The topological polar surface area (TPSA) is 106 Å². The summed E-state index contributed by atoms with van der Waals surface area (Å²) >= 11 is 1.21. The zero-order valence-electron chi connectivity index (χ0n) is 9.75. The monoisotopic (exact) mass is 267 g/mol. The van der Waals surface area contributed by atoms with Crippen LogP contribution < -0.4 is 11.1 Å². The number of aryl methyl sites for hydroxylation is 1. The average Bonchev–Trinajstić information content (AvgIpc) is 2.87. The van der Waals surface area contributed by atoms with E-state index < -0.39 is 0 Å². The van der Waals surface area contributed by atoms with Crippen LogP contribution in [-0.2, 0) is 6.54 Å². The SMILES string of the molecule is Cc1cc(NC(=O)c2csc(N)n2)n(CCO)n1. The molecule has 0 saturated carbocycles. The number of amides is 1. The number of nitrogens with zero attached hydrogens (tertiary/aromatic N) is 3. The number of aliphatic hydroxyl groups is 1. The Morgan fingerprint density at radius 3 is 3.06 bits per heavy atom. The van der Waals surface area contributed by atoms with Gasteiger partial charge in [-0.1, -0.05) is 0 Å². The van der Waals surface area contributed by atoms with E-state index in [0.717, 1.165) is 5.69 Å². The highest BCUT2D eigenvalue weighted by molar-refractivity contribution is 7.13. The summed E-state index contributed by atoms with van der Waals surface area (Å²) in [6.07, 6.45) is 0. The molecule has 0 atom stereocenters. The highest BCUT2D eigenvalue weighted by Gasteiger charge is 2.13. The van der Waals surface area contributed by atoms with Crippen molar-refractivity contribution in [2.45, 2.75) is 13.5 Å². The van der Waals surface area contributed by atoms with Gasteiger partial charge in [-0.15, -0.1) is 11.3 Å². The zero-order valence-corrected chi connectivity index (χ0v) is 10.6. The Labute approximate surface area is 107 Å². The fourth-order valence-electron chi connectivity index (χ4n) is 1.48. The standard InChI is InChI=1S/C10H13N5O2S/c1-6-4-8(15(14-6)2-3-16)13-9(17)7-5-18-10(11)12-7/h4-5,16H,2-3H2,1H3,(H2,11,12)(H,13,17). The largest absolute Gasteiger partial charge is 0.394 e. The highest BCUT2D eigenvalue weighted by Crippen LogP contribution is 2.14. The molecule has 2 aromatic rings. The van der Waals surface area contributed by atoms with Crippen molar-refractivity contribution in [3.05, 3.63) is 22.8 Å².